The van der Waals surface area contributed by atoms with Crippen molar-refractivity contribution in [2.75, 3.05) is 0 Å². The van der Waals surface area contributed by atoms with Crippen LogP contribution >= 0.6 is 0 Å². The van der Waals surface area contributed by atoms with Crippen LogP contribution in [0.25, 0.3) is 0 Å². The molecule has 2 fully saturated rings. The van der Waals surface area contributed by atoms with Gasteiger partial charge in [-0.3, -0.25) is 4.79 Å². The molecule has 96 valence electrons. The molecule has 0 amide bonds. The maximum absolute atomic E-state index is 12.2. The van der Waals surface area contributed by atoms with Crippen LogP contribution in [0.2, 0.25) is 0 Å². The van der Waals surface area contributed by atoms with Gasteiger partial charge in [0.15, 0.2) is 0 Å². The number of benzene rings is 1. The second kappa shape index (κ2) is 4.42. The highest BCUT2D eigenvalue weighted by atomic mass is 16.5. The summed E-state index contributed by atoms with van der Waals surface area (Å²) in [6.07, 6.45) is 2.28. The van der Waals surface area contributed by atoms with Gasteiger partial charge < -0.3 is 4.74 Å². The molecule has 2 heteroatoms. The monoisotopic (exact) mass is 244 g/mol. The molecule has 0 N–H and O–H groups in total. The number of fused-ring (bicyclic) bond motifs is 1. The summed E-state index contributed by atoms with van der Waals surface area (Å²) in [6.45, 7) is 4.42. The van der Waals surface area contributed by atoms with Crippen LogP contribution in [-0.2, 0) is 9.53 Å². The van der Waals surface area contributed by atoms with Gasteiger partial charge in [0.2, 0.25) is 0 Å². The molecular formula is C16H20O2. The average Bonchev–Trinajstić information content (AvgIpc) is 2.78. The van der Waals surface area contributed by atoms with E-state index in [4.69, 9.17) is 4.74 Å². The summed E-state index contributed by atoms with van der Waals surface area (Å²) in [6, 6.07) is 10.2. The third-order valence-electron chi connectivity index (χ3n) is 4.83. The van der Waals surface area contributed by atoms with Crippen LogP contribution < -0.4 is 0 Å². The molecule has 0 bridgehead atoms. The van der Waals surface area contributed by atoms with E-state index in [2.05, 4.69) is 26.0 Å². The molecule has 0 spiro atoms. The normalized spacial score (nSPS) is 39.2. The van der Waals surface area contributed by atoms with E-state index in [1.54, 1.807) is 0 Å². The molecule has 1 aromatic rings. The van der Waals surface area contributed by atoms with Gasteiger partial charge in [0.05, 0.1) is 5.92 Å². The first-order chi connectivity index (χ1) is 8.68. The fourth-order valence-electron chi connectivity index (χ4n) is 3.78. The first-order valence-corrected chi connectivity index (χ1v) is 6.94. The van der Waals surface area contributed by atoms with Gasteiger partial charge in [0.25, 0.3) is 0 Å². The second-order valence-corrected chi connectivity index (χ2v) is 5.87. The topological polar surface area (TPSA) is 26.3 Å². The molecule has 1 heterocycles. The van der Waals surface area contributed by atoms with Crippen molar-refractivity contribution in [1.29, 1.82) is 0 Å². The Morgan fingerprint density at radius 1 is 1.11 bits per heavy atom. The Labute approximate surface area is 108 Å². The van der Waals surface area contributed by atoms with Crippen LogP contribution in [0.15, 0.2) is 30.3 Å². The van der Waals surface area contributed by atoms with Crippen LogP contribution in [0.3, 0.4) is 0 Å². The smallest absolute Gasteiger partial charge is 0.310 e. The van der Waals surface area contributed by atoms with Crippen molar-refractivity contribution in [3.63, 3.8) is 0 Å². The summed E-state index contributed by atoms with van der Waals surface area (Å²) in [4.78, 5) is 12.2. The van der Waals surface area contributed by atoms with Gasteiger partial charge in [-0.15, -0.1) is 0 Å². The van der Waals surface area contributed by atoms with Crippen molar-refractivity contribution in [2.45, 2.75) is 32.8 Å². The van der Waals surface area contributed by atoms with Gasteiger partial charge in [-0.05, 0) is 30.2 Å². The molecule has 1 saturated heterocycles. The lowest BCUT2D eigenvalue weighted by atomic mass is 9.76. The maximum Gasteiger partial charge on any atom is 0.310 e. The Kier molecular flexibility index (Phi) is 2.89. The van der Waals surface area contributed by atoms with E-state index in [0.29, 0.717) is 17.8 Å². The predicted molar refractivity (Wildman–Crippen MR) is 69.8 cm³/mol. The molecule has 0 unspecified atom stereocenters. The molecule has 1 saturated carbocycles. The molecule has 2 aliphatic rings. The molecule has 2 nitrogen and oxygen atoms in total. The second-order valence-electron chi connectivity index (χ2n) is 5.87. The minimum absolute atomic E-state index is 0.0250. The first kappa shape index (κ1) is 11.8. The van der Waals surface area contributed by atoms with Gasteiger partial charge in [0.1, 0.15) is 6.10 Å². The number of ether oxygens (including phenoxy) is 1. The lowest BCUT2D eigenvalue weighted by Gasteiger charge is -2.38. The zero-order valence-corrected chi connectivity index (χ0v) is 11.0. The highest BCUT2D eigenvalue weighted by molar-refractivity contribution is 5.75. The standard InChI is InChI=1S/C16H20O2/c1-10-8-9-13-11(2)15(18-16(17)14(10)13)12-6-4-3-5-7-12/h3-7,10-11,13-15H,8-9H2,1-2H3/t10-,11+,13+,14+,15+/m0/s1. The quantitative estimate of drug-likeness (QED) is 0.706. The average molecular weight is 244 g/mol. The van der Waals surface area contributed by atoms with Crippen LogP contribution in [0.4, 0.5) is 0 Å². The maximum atomic E-state index is 12.2. The van der Waals surface area contributed by atoms with E-state index in [1.807, 2.05) is 18.2 Å². The van der Waals surface area contributed by atoms with E-state index in [0.717, 1.165) is 12.0 Å². The van der Waals surface area contributed by atoms with E-state index in [1.165, 1.54) is 6.42 Å². The highest BCUT2D eigenvalue weighted by Crippen LogP contribution is 2.50. The van der Waals surface area contributed by atoms with E-state index < -0.39 is 0 Å². The number of hydrogen-bond donors (Lipinski definition) is 0. The van der Waals surface area contributed by atoms with E-state index >= 15 is 0 Å². The van der Waals surface area contributed by atoms with Crippen LogP contribution in [0, 0.1) is 23.7 Å². The number of carbonyl (C=O) groups is 1. The van der Waals surface area contributed by atoms with Crippen LogP contribution in [-0.4, -0.2) is 5.97 Å². The number of cyclic esters (lactones) is 1. The predicted octanol–water partition coefficient (Wildman–Crippen LogP) is 3.58. The number of esters is 1. The molecule has 18 heavy (non-hydrogen) atoms. The van der Waals surface area contributed by atoms with Gasteiger partial charge in [0, 0.05) is 5.92 Å². The summed E-state index contributed by atoms with van der Waals surface area (Å²) in [5.41, 5.74) is 1.14. The summed E-state index contributed by atoms with van der Waals surface area (Å²) in [7, 11) is 0. The van der Waals surface area contributed by atoms with E-state index in [-0.39, 0.29) is 18.0 Å². The van der Waals surface area contributed by atoms with Gasteiger partial charge in [-0.2, -0.15) is 0 Å². The van der Waals surface area contributed by atoms with Crippen molar-refractivity contribution in [3.8, 4) is 0 Å². The molecule has 0 radical (unpaired) electrons. The first-order valence-electron chi connectivity index (χ1n) is 6.94. The molecule has 3 rings (SSSR count). The number of hydrogen-bond acceptors (Lipinski definition) is 2. The van der Waals surface area contributed by atoms with Crippen LogP contribution in [0.5, 0.6) is 0 Å². The van der Waals surface area contributed by atoms with Crippen LogP contribution in [0.1, 0.15) is 38.4 Å². The molecule has 5 atom stereocenters. The fraction of sp³-hybridized carbons (Fsp3) is 0.562. The summed E-state index contributed by atoms with van der Waals surface area (Å²) < 4.78 is 5.73. The largest absolute Gasteiger partial charge is 0.457 e. The Morgan fingerprint density at radius 3 is 2.56 bits per heavy atom. The Morgan fingerprint density at radius 2 is 1.83 bits per heavy atom. The van der Waals surface area contributed by atoms with Crippen molar-refractivity contribution in [3.05, 3.63) is 35.9 Å². The van der Waals surface area contributed by atoms with Gasteiger partial charge in [-0.1, -0.05) is 44.2 Å². The molecule has 1 aromatic carbocycles. The molecule has 0 aromatic heterocycles. The Balaban J connectivity index is 1.89. The zero-order chi connectivity index (χ0) is 12.7. The number of rotatable bonds is 1. The molecule has 1 aliphatic heterocycles. The van der Waals surface area contributed by atoms with Crippen molar-refractivity contribution in [1.82, 2.24) is 0 Å². The van der Waals surface area contributed by atoms with Crippen molar-refractivity contribution in [2.24, 2.45) is 23.7 Å². The minimum Gasteiger partial charge on any atom is -0.457 e. The zero-order valence-electron chi connectivity index (χ0n) is 11.0. The lowest BCUT2D eigenvalue weighted by molar-refractivity contribution is -0.172. The minimum atomic E-state index is -0.0507. The van der Waals surface area contributed by atoms with Gasteiger partial charge in [-0.25, -0.2) is 0 Å². The Bertz CT molecular complexity index is 440. The Hall–Kier alpha value is -1.31. The summed E-state index contributed by atoms with van der Waals surface area (Å²) in [5.74, 6) is 1.59. The third kappa shape index (κ3) is 1.75. The third-order valence-corrected chi connectivity index (χ3v) is 4.83. The molecular weight excluding hydrogens is 224 g/mol. The van der Waals surface area contributed by atoms with E-state index in [9.17, 15) is 4.79 Å². The fourth-order valence-corrected chi connectivity index (χ4v) is 3.78. The number of carbonyl (C=O) groups excluding carboxylic acids is 1. The lowest BCUT2D eigenvalue weighted by Crippen LogP contribution is -2.39. The molecule has 1 aliphatic carbocycles. The summed E-state index contributed by atoms with van der Waals surface area (Å²) in [5, 5.41) is 0. The van der Waals surface area contributed by atoms with Gasteiger partial charge >= 0.3 is 5.97 Å². The van der Waals surface area contributed by atoms with Crippen molar-refractivity contribution < 1.29 is 9.53 Å². The SMILES string of the molecule is C[C@@H]1[C@H]2CC[C@H](C)[C@H]2C(=O)O[C@H]1c1ccccc1. The summed E-state index contributed by atoms with van der Waals surface area (Å²) >= 11 is 0. The highest BCUT2D eigenvalue weighted by Gasteiger charge is 2.49. The van der Waals surface area contributed by atoms with Crippen molar-refractivity contribution >= 4 is 5.97 Å².